The molecule has 184 valence electrons. The maximum Gasteiger partial charge on any atom is 0.363 e. The number of hydrogen-bond acceptors (Lipinski definition) is 7. The monoisotopic (exact) mass is 710 g/mol. The third-order valence-corrected chi connectivity index (χ3v) is 6.71. The minimum atomic E-state index is -0.604. The highest BCUT2D eigenvalue weighted by Crippen LogP contribution is 2.36. The molecule has 36 heavy (non-hydrogen) atoms. The van der Waals surface area contributed by atoms with Crippen LogP contribution in [0.15, 0.2) is 65.3 Å². The third kappa shape index (κ3) is 6.03. The van der Waals surface area contributed by atoms with Gasteiger partial charge in [0.05, 0.1) is 15.1 Å². The number of esters is 1. The van der Waals surface area contributed by atoms with E-state index in [1.165, 1.54) is 12.1 Å². The first-order valence-electron chi connectivity index (χ1n) is 10.9. The van der Waals surface area contributed by atoms with Gasteiger partial charge in [0.15, 0.2) is 17.2 Å². The topological polar surface area (TPSA) is 100 Å². The lowest BCUT2D eigenvalue weighted by atomic mass is 10.1. The molecule has 0 fully saturated rings. The zero-order chi connectivity index (χ0) is 25.8. The Balaban J connectivity index is 1.60. The van der Waals surface area contributed by atoms with Gasteiger partial charge in [-0.1, -0.05) is 12.1 Å². The predicted molar refractivity (Wildman–Crippen MR) is 152 cm³/mol. The van der Waals surface area contributed by atoms with Gasteiger partial charge in [0.25, 0.3) is 5.69 Å². The lowest BCUT2D eigenvalue weighted by Crippen LogP contribution is -2.06. The van der Waals surface area contributed by atoms with Crippen molar-refractivity contribution in [1.82, 2.24) is 0 Å². The lowest BCUT2D eigenvalue weighted by molar-refractivity contribution is -0.385. The number of cyclic esters (lactones) is 1. The second-order valence-corrected chi connectivity index (χ2v) is 10.2. The fourth-order valence-corrected chi connectivity index (χ4v) is 4.63. The second kappa shape index (κ2) is 11.4. The van der Waals surface area contributed by atoms with Crippen LogP contribution in [0.1, 0.15) is 29.2 Å². The van der Waals surface area contributed by atoms with Crippen LogP contribution in [0.4, 0.5) is 5.69 Å². The summed E-state index contributed by atoms with van der Waals surface area (Å²) < 4.78 is 19.2. The van der Waals surface area contributed by atoms with Crippen LogP contribution in [-0.2, 0) is 16.1 Å². The van der Waals surface area contributed by atoms with Gasteiger partial charge in [-0.2, -0.15) is 0 Å². The van der Waals surface area contributed by atoms with Crippen LogP contribution < -0.4 is 9.47 Å². The predicted octanol–water partition coefficient (Wildman–Crippen LogP) is 6.43. The summed E-state index contributed by atoms with van der Waals surface area (Å²) in [5, 5.41) is 11.1. The maximum atomic E-state index is 12.5. The van der Waals surface area contributed by atoms with Crippen molar-refractivity contribution < 1.29 is 23.9 Å². The van der Waals surface area contributed by atoms with Crippen molar-refractivity contribution in [2.75, 3.05) is 6.61 Å². The number of nitrogens with zero attached hydrogens (tertiary/aromatic N) is 2. The van der Waals surface area contributed by atoms with Crippen molar-refractivity contribution in [1.29, 1.82) is 0 Å². The van der Waals surface area contributed by atoms with Gasteiger partial charge in [-0.3, -0.25) is 10.1 Å². The average Bonchev–Trinajstić information content (AvgIpc) is 3.19. The number of ether oxygens (including phenoxy) is 3. The third-order valence-electron chi connectivity index (χ3n) is 5.19. The highest BCUT2D eigenvalue weighted by Gasteiger charge is 2.26. The molecule has 0 amide bonds. The van der Waals surface area contributed by atoms with E-state index in [2.05, 4.69) is 50.2 Å². The Bertz CT molecular complexity index is 1400. The van der Waals surface area contributed by atoms with Crippen molar-refractivity contribution in [3.63, 3.8) is 0 Å². The fraction of sp³-hybridized carbons (Fsp3) is 0.154. The van der Waals surface area contributed by atoms with Crippen molar-refractivity contribution in [2.24, 2.45) is 4.99 Å². The van der Waals surface area contributed by atoms with E-state index in [1.54, 1.807) is 25.1 Å². The molecule has 1 heterocycles. The standard InChI is InChI=1S/C26H20I2N2O6/c1-3-34-23-13-17(11-20(28)24(23)35-14-16-4-7-19(27)8-5-16)12-21-26(31)36-25(29-21)18-6-9-22(30(32)33)15(2)10-18/h4-13H,3,14H2,1-2H3/b21-12-. The van der Waals surface area contributed by atoms with Gasteiger partial charge >= 0.3 is 5.97 Å². The zero-order valence-corrected chi connectivity index (χ0v) is 23.6. The summed E-state index contributed by atoms with van der Waals surface area (Å²) in [7, 11) is 0. The van der Waals surface area contributed by atoms with Gasteiger partial charge < -0.3 is 14.2 Å². The zero-order valence-electron chi connectivity index (χ0n) is 19.3. The molecule has 0 saturated carbocycles. The second-order valence-electron chi connectivity index (χ2n) is 7.77. The van der Waals surface area contributed by atoms with E-state index in [1.807, 2.05) is 37.3 Å². The molecule has 3 aromatic rings. The number of nitro benzene ring substituents is 1. The van der Waals surface area contributed by atoms with E-state index < -0.39 is 10.9 Å². The van der Waals surface area contributed by atoms with Crippen LogP contribution in [-0.4, -0.2) is 23.4 Å². The van der Waals surface area contributed by atoms with Crippen molar-refractivity contribution >= 4 is 68.8 Å². The molecule has 1 aliphatic rings. The van der Waals surface area contributed by atoms with Gasteiger partial charge in [-0.05, 0) is 113 Å². The minimum absolute atomic E-state index is 0.0122. The van der Waals surface area contributed by atoms with Crippen molar-refractivity contribution in [3.8, 4) is 11.5 Å². The first kappa shape index (κ1) is 26.1. The Morgan fingerprint density at radius 1 is 1.08 bits per heavy atom. The Kier molecular flexibility index (Phi) is 8.24. The highest BCUT2D eigenvalue weighted by atomic mass is 127. The summed E-state index contributed by atoms with van der Waals surface area (Å²) in [6, 6.07) is 16.2. The molecule has 0 unspecified atom stereocenters. The summed E-state index contributed by atoms with van der Waals surface area (Å²) in [6.45, 7) is 4.34. The van der Waals surface area contributed by atoms with Crippen molar-refractivity contribution in [3.05, 3.63) is 99.8 Å². The molecule has 10 heteroatoms. The van der Waals surface area contributed by atoms with Gasteiger partial charge in [0.1, 0.15) is 6.61 Å². The quantitative estimate of drug-likeness (QED) is 0.0879. The number of aliphatic imine (C=N–C) groups is 1. The molecule has 0 N–H and O–H groups in total. The van der Waals surface area contributed by atoms with Gasteiger partial charge in [-0.25, -0.2) is 9.79 Å². The number of halogens is 2. The summed E-state index contributed by atoms with van der Waals surface area (Å²) in [4.78, 5) is 27.4. The number of carbonyl (C=O) groups is 1. The first-order chi connectivity index (χ1) is 17.2. The normalized spacial score (nSPS) is 13.9. The van der Waals surface area contributed by atoms with E-state index >= 15 is 0 Å². The van der Waals surface area contributed by atoms with E-state index in [9.17, 15) is 14.9 Å². The Labute approximate surface area is 234 Å². The molecule has 0 bridgehead atoms. The first-order valence-corrected chi connectivity index (χ1v) is 13.0. The van der Waals surface area contributed by atoms with Gasteiger partial charge in [0, 0.05) is 20.8 Å². The summed E-state index contributed by atoms with van der Waals surface area (Å²) in [5.74, 6) is 0.676. The average molecular weight is 710 g/mol. The number of benzene rings is 3. The van der Waals surface area contributed by atoms with Crippen LogP contribution in [0.25, 0.3) is 6.08 Å². The smallest absolute Gasteiger partial charge is 0.363 e. The largest absolute Gasteiger partial charge is 0.490 e. The number of rotatable bonds is 8. The molecule has 4 rings (SSSR count). The molecule has 0 aliphatic carbocycles. The summed E-state index contributed by atoms with van der Waals surface area (Å²) in [6.07, 6.45) is 1.61. The Morgan fingerprint density at radius 2 is 1.83 bits per heavy atom. The van der Waals surface area contributed by atoms with E-state index in [0.717, 1.165) is 12.7 Å². The fourth-order valence-electron chi connectivity index (χ4n) is 3.49. The molecule has 0 spiro atoms. The molecular weight excluding hydrogens is 690 g/mol. The highest BCUT2D eigenvalue weighted by molar-refractivity contribution is 14.1. The summed E-state index contributed by atoms with van der Waals surface area (Å²) in [5.41, 5.74) is 2.77. The molecule has 8 nitrogen and oxygen atoms in total. The van der Waals surface area contributed by atoms with Crippen LogP contribution in [0.3, 0.4) is 0 Å². The molecule has 0 saturated heterocycles. The lowest BCUT2D eigenvalue weighted by Gasteiger charge is -2.15. The van der Waals surface area contributed by atoms with Gasteiger partial charge in [-0.15, -0.1) is 0 Å². The number of hydrogen-bond donors (Lipinski definition) is 0. The minimum Gasteiger partial charge on any atom is -0.490 e. The van der Waals surface area contributed by atoms with Crippen molar-refractivity contribution in [2.45, 2.75) is 20.5 Å². The van der Waals surface area contributed by atoms with Crippen LogP contribution >= 0.6 is 45.2 Å². The number of nitro groups is 1. The van der Waals surface area contributed by atoms with Crippen LogP contribution in [0, 0.1) is 24.2 Å². The molecule has 3 aromatic carbocycles. The number of aryl methyl sites for hydroxylation is 1. The van der Waals surface area contributed by atoms with Crippen LogP contribution in [0.5, 0.6) is 11.5 Å². The Morgan fingerprint density at radius 3 is 2.50 bits per heavy atom. The molecule has 1 aliphatic heterocycles. The SMILES string of the molecule is CCOc1cc(/C=C2\N=C(c3ccc([N+](=O)[O-])c(C)c3)OC2=O)cc(I)c1OCc1ccc(I)cc1. The molecule has 0 atom stereocenters. The van der Waals surface area contributed by atoms with E-state index in [0.29, 0.717) is 41.4 Å². The number of carbonyl (C=O) groups excluding carboxylic acids is 1. The Hall–Kier alpha value is -3.00. The van der Waals surface area contributed by atoms with E-state index in [-0.39, 0.29) is 17.3 Å². The maximum absolute atomic E-state index is 12.5. The van der Waals surface area contributed by atoms with Gasteiger partial charge in [0.2, 0.25) is 5.90 Å². The molecular formula is C26H20I2N2O6. The molecule has 0 radical (unpaired) electrons. The molecule has 0 aromatic heterocycles. The van der Waals surface area contributed by atoms with Crippen LogP contribution in [0.2, 0.25) is 0 Å². The summed E-state index contributed by atoms with van der Waals surface area (Å²) >= 11 is 4.43. The van der Waals surface area contributed by atoms with E-state index in [4.69, 9.17) is 14.2 Å².